The average Bonchev–Trinajstić information content (AvgIpc) is 2.66. The second-order valence-electron chi connectivity index (χ2n) is 5.99. The zero-order valence-electron chi connectivity index (χ0n) is 13.5. The van der Waals surface area contributed by atoms with Crippen LogP contribution in [0.3, 0.4) is 0 Å². The van der Waals surface area contributed by atoms with E-state index in [9.17, 15) is 15.3 Å². The molecule has 1 aliphatic rings. The highest BCUT2D eigenvalue weighted by molar-refractivity contribution is 6.20. The van der Waals surface area contributed by atoms with Gasteiger partial charge in [-0.15, -0.1) is 0 Å². The van der Waals surface area contributed by atoms with Gasteiger partial charge in [0.15, 0.2) is 5.56 Å². The smallest absolute Gasteiger partial charge is 0.160 e. The molecule has 1 aliphatic heterocycles. The highest BCUT2D eigenvalue weighted by Crippen LogP contribution is 2.33. The van der Waals surface area contributed by atoms with Crippen molar-refractivity contribution >= 4 is 11.6 Å². The van der Waals surface area contributed by atoms with Crippen LogP contribution in [0.5, 0.6) is 0 Å². The van der Waals surface area contributed by atoms with Crippen LogP contribution in [-0.2, 0) is 9.47 Å². The van der Waals surface area contributed by atoms with E-state index in [1.54, 1.807) is 0 Å². The van der Waals surface area contributed by atoms with Gasteiger partial charge in [0.2, 0.25) is 0 Å². The third kappa shape index (κ3) is 4.03. The summed E-state index contributed by atoms with van der Waals surface area (Å²) in [7, 11) is 0. The molecule has 1 heterocycles. The lowest BCUT2D eigenvalue weighted by atomic mass is 9.97. The van der Waals surface area contributed by atoms with E-state index in [2.05, 4.69) is 0 Å². The van der Waals surface area contributed by atoms with Crippen molar-refractivity contribution in [3.63, 3.8) is 0 Å². The Morgan fingerprint density at radius 2 is 1.44 bits per heavy atom. The van der Waals surface area contributed by atoms with Crippen LogP contribution in [-0.4, -0.2) is 51.9 Å². The van der Waals surface area contributed by atoms with E-state index < -0.39 is 36.1 Å². The summed E-state index contributed by atoms with van der Waals surface area (Å²) in [5.41, 5.74) is 0.680. The Labute approximate surface area is 151 Å². The molecule has 1 saturated heterocycles. The van der Waals surface area contributed by atoms with E-state index in [4.69, 9.17) is 21.1 Å². The van der Waals surface area contributed by atoms with Gasteiger partial charge in [-0.3, -0.25) is 0 Å². The van der Waals surface area contributed by atoms with Gasteiger partial charge in [0.1, 0.15) is 30.5 Å². The summed E-state index contributed by atoms with van der Waals surface area (Å²) in [5.74, 6) is 0. The van der Waals surface area contributed by atoms with E-state index in [0.717, 1.165) is 11.1 Å². The molecule has 25 heavy (non-hydrogen) atoms. The number of halogens is 1. The second kappa shape index (κ2) is 8.27. The molecule has 5 atom stereocenters. The molecule has 0 unspecified atom stereocenters. The monoisotopic (exact) mass is 364 g/mol. The predicted molar refractivity (Wildman–Crippen MR) is 93.2 cm³/mol. The van der Waals surface area contributed by atoms with Gasteiger partial charge in [-0.05, 0) is 11.1 Å². The van der Waals surface area contributed by atoms with Crippen molar-refractivity contribution in [2.75, 3.05) is 6.61 Å². The minimum Gasteiger partial charge on any atom is -0.394 e. The van der Waals surface area contributed by atoms with Crippen molar-refractivity contribution < 1.29 is 24.8 Å². The van der Waals surface area contributed by atoms with Crippen LogP contribution in [0.4, 0.5) is 0 Å². The fourth-order valence-electron chi connectivity index (χ4n) is 2.97. The summed E-state index contributed by atoms with van der Waals surface area (Å²) in [6.45, 7) is -0.381. The first-order valence-corrected chi connectivity index (χ1v) is 8.57. The number of rotatable bonds is 5. The van der Waals surface area contributed by atoms with E-state index in [1.165, 1.54) is 0 Å². The summed E-state index contributed by atoms with van der Waals surface area (Å²) < 4.78 is 11.5. The van der Waals surface area contributed by atoms with Crippen LogP contribution in [0.25, 0.3) is 0 Å². The third-order valence-electron chi connectivity index (χ3n) is 4.30. The van der Waals surface area contributed by atoms with E-state index in [-0.39, 0.29) is 6.61 Å². The van der Waals surface area contributed by atoms with Gasteiger partial charge in [0, 0.05) is 0 Å². The zero-order valence-corrected chi connectivity index (χ0v) is 14.2. The molecule has 5 nitrogen and oxygen atoms in total. The molecule has 0 amide bonds. The molecule has 6 heteroatoms. The molecule has 3 rings (SSSR count). The molecular formula is C19H21ClO5. The van der Waals surface area contributed by atoms with Crippen LogP contribution in [0.2, 0.25) is 0 Å². The number of aliphatic hydroxyl groups excluding tert-OH is 3. The van der Waals surface area contributed by atoms with Crippen LogP contribution < -0.4 is 0 Å². The lowest BCUT2D eigenvalue weighted by molar-refractivity contribution is -0.231. The Bertz CT molecular complexity index is 612. The van der Waals surface area contributed by atoms with Crippen molar-refractivity contribution in [3.05, 3.63) is 71.8 Å². The fourth-order valence-corrected chi connectivity index (χ4v) is 3.25. The summed E-state index contributed by atoms with van der Waals surface area (Å²) in [6.07, 6.45) is -4.83. The largest absolute Gasteiger partial charge is 0.394 e. The first-order valence-electron chi connectivity index (χ1n) is 8.13. The molecule has 0 spiro atoms. The third-order valence-corrected chi connectivity index (χ3v) is 4.67. The maximum Gasteiger partial charge on any atom is 0.160 e. The van der Waals surface area contributed by atoms with Crippen LogP contribution in [0.1, 0.15) is 17.2 Å². The lowest BCUT2D eigenvalue weighted by Gasteiger charge is -2.41. The molecule has 134 valence electrons. The molecule has 0 aromatic heterocycles. The van der Waals surface area contributed by atoms with Crippen molar-refractivity contribution in [2.45, 2.75) is 36.1 Å². The molecule has 2 aromatic carbocycles. The minimum absolute atomic E-state index is 0.381. The summed E-state index contributed by atoms with van der Waals surface area (Å²) in [6, 6.07) is 19.1. The summed E-state index contributed by atoms with van der Waals surface area (Å²) >= 11 is 5.87. The van der Waals surface area contributed by atoms with Gasteiger partial charge in [0.05, 0.1) is 6.61 Å². The van der Waals surface area contributed by atoms with Crippen LogP contribution >= 0.6 is 11.6 Å². The molecular weight excluding hydrogens is 344 g/mol. The Morgan fingerprint density at radius 3 is 1.92 bits per heavy atom. The van der Waals surface area contributed by atoms with Crippen molar-refractivity contribution in [1.82, 2.24) is 0 Å². The predicted octanol–water partition coefficient (Wildman–Crippen LogP) is 1.84. The second-order valence-corrected chi connectivity index (χ2v) is 6.42. The van der Waals surface area contributed by atoms with Crippen molar-refractivity contribution in [3.8, 4) is 0 Å². The van der Waals surface area contributed by atoms with Gasteiger partial charge in [-0.1, -0.05) is 72.3 Å². The number of hydrogen-bond donors (Lipinski definition) is 3. The van der Waals surface area contributed by atoms with Gasteiger partial charge in [-0.2, -0.15) is 0 Å². The number of ether oxygens (including phenoxy) is 2. The van der Waals surface area contributed by atoms with Crippen LogP contribution in [0, 0.1) is 0 Å². The van der Waals surface area contributed by atoms with Gasteiger partial charge >= 0.3 is 0 Å². The van der Waals surface area contributed by atoms with Gasteiger partial charge in [0.25, 0.3) is 0 Å². The highest BCUT2D eigenvalue weighted by atomic mass is 35.5. The zero-order chi connectivity index (χ0) is 17.8. The maximum absolute atomic E-state index is 10.4. The number of aliphatic hydroxyl groups is 3. The quantitative estimate of drug-likeness (QED) is 0.705. The van der Waals surface area contributed by atoms with Gasteiger partial charge < -0.3 is 24.8 Å². The first kappa shape index (κ1) is 18.3. The Morgan fingerprint density at radius 1 is 0.920 bits per heavy atom. The topological polar surface area (TPSA) is 79.2 Å². The van der Waals surface area contributed by atoms with Crippen LogP contribution in [0.15, 0.2) is 60.7 Å². The average molecular weight is 365 g/mol. The molecule has 0 aliphatic carbocycles. The van der Waals surface area contributed by atoms with Crippen molar-refractivity contribution in [1.29, 1.82) is 0 Å². The van der Waals surface area contributed by atoms with Gasteiger partial charge in [-0.25, -0.2) is 0 Å². The minimum atomic E-state index is -1.30. The normalized spacial score (nSPS) is 29.7. The van der Waals surface area contributed by atoms with E-state index in [0.29, 0.717) is 0 Å². The van der Waals surface area contributed by atoms with Crippen molar-refractivity contribution in [2.24, 2.45) is 0 Å². The standard InChI is InChI=1S/C19H21ClO5/c20-19-16(23)15(22)18(14(11-21)24-19)25-17(12-7-3-1-4-8-12)13-9-5-2-6-10-13/h1-10,14-19,21-23H,11H2/t14-,15-,16-,18-,19+/m1/s1. The Balaban J connectivity index is 1.91. The lowest BCUT2D eigenvalue weighted by Crippen LogP contribution is -2.58. The molecule has 0 bridgehead atoms. The first-order chi connectivity index (χ1) is 12.1. The summed E-state index contributed by atoms with van der Waals surface area (Å²) in [4.78, 5) is 0. The number of benzene rings is 2. The SMILES string of the molecule is OC[C@H]1O[C@H](Cl)[C@H](O)[C@@H](O)[C@@H]1OC(c1ccccc1)c1ccccc1. The molecule has 0 radical (unpaired) electrons. The van der Waals surface area contributed by atoms with E-state index in [1.807, 2.05) is 60.7 Å². The Hall–Kier alpha value is -1.47. The Kier molecular flexibility index (Phi) is 6.06. The number of alkyl halides is 1. The number of hydrogen-bond acceptors (Lipinski definition) is 5. The molecule has 3 N–H and O–H groups in total. The van der Waals surface area contributed by atoms with E-state index >= 15 is 0 Å². The summed E-state index contributed by atoms with van der Waals surface area (Å²) in [5, 5.41) is 30.0. The molecule has 1 fully saturated rings. The maximum atomic E-state index is 10.4. The molecule has 2 aromatic rings. The highest BCUT2D eigenvalue weighted by Gasteiger charge is 2.45. The molecule has 0 saturated carbocycles. The fraction of sp³-hybridized carbons (Fsp3) is 0.368.